The third-order valence-corrected chi connectivity index (χ3v) is 2.59. The van der Waals surface area contributed by atoms with Crippen molar-refractivity contribution in [3.05, 3.63) is 0 Å². The minimum Gasteiger partial charge on any atom is -0.315 e. The van der Waals surface area contributed by atoms with E-state index in [9.17, 15) is 0 Å². The Morgan fingerprint density at radius 2 is 1.93 bits per heavy atom. The standard InChI is InChI=1S/C11H25ClN2/c1-11(2,6-5-7-12)10-13-8-9-14(3)4/h13H,5-10H2,1-4H3. The first kappa shape index (κ1) is 14.2. The minimum atomic E-state index is 0.376. The van der Waals surface area contributed by atoms with Crippen molar-refractivity contribution in [2.24, 2.45) is 5.41 Å². The molecule has 3 heteroatoms. The number of nitrogens with zero attached hydrogens (tertiary/aromatic N) is 1. The summed E-state index contributed by atoms with van der Waals surface area (Å²) in [6.07, 6.45) is 2.31. The van der Waals surface area contributed by atoms with Gasteiger partial charge in [-0.2, -0.15) is 0 Å². The largest absolute Gasteiger partial charge is 0.315 e. The smallest absolute Gasteiger partial charge is 0.0223 e. The van der Waals surface area contributed by atoms with Gasteiger partial charge in [-0.05, 0) is 32.4 Å². The van der Waals surface area contributed by atoms with Gasteiger partial charge in [-0.15, -0.1) is 11.6 Å². The lowest BCUT2D eigenvalue weighted by molar-refractivity contribution is 0.301. The molecule has 0 rings (SSSR count). The Morgan fingerprint density at radius 1 is 1.29 bits per heavy atom. The van der Waals surface area contributed by atoms with Crippen molar-refractivity contribution in [2.45, 2.75) is 26.7 Å². The van der Waals surface area contributed by atoms with E-state index in [1.807, 2.05) is 0 Å². The molecule has 0 aromatic carbocycles. The minimum absolute atomic E-state index is 0.376. The third-order valence-electron chi connectivity index (χ3n) is 2.33. The van der Waals surface area contributed by atoms with Gasteiger partial charge < -0.3 is 10.2 Å². The monoisotopic (exact) mass is 220 g/mol. The zero-order valence-electron chi connectivity index (χ0n) is 10.1. The van der Waals surface area contributed by atoms with Crippen molar-refractivity contribution in [2.75, 3.05) is 39.6 Å². The summed E-state index contributed by atoms with van der Waals surface area (Å²) in [6.45, 7) is 7.84. The number of nitrogens with one attached hydrogen (secondary N) is 1. The molecular formula is C11H25ClN2. The molecule has 0 spiro atoms. The molecule has 0 aliphatic rings. The lowest BCUT2D eigenvalue weighted by atomic mass is 9.88. The van der Waals surface area contributed by atoms with E-state index in [1.54, 1.807) is 0 Å². The van der Waals surface area contributed by atoms with E-state index in [-0.39, 0.29) is 0 Å². The van der Waals surface area contributed by atoms with Crippen molar-refractivity contribution in [1.82, 2.24) is 10.2 Å². The zero-order chi connectivity index (χ0) is 11.0. The first-order valence-corrected chi connectivity index (χ1v) is 5.93. The van der Waals surface area contributed by atoms with Gasteiger partial charge >= 0.3 is 0 Å². The molecule has 1 N–H and O–H groups in total. The topological polar surface area (TPSA) is 15.3 Å². The Balaban J connectivity index is 3.44. The van der Waals surface area contributed by atoms with Gasteiger partial charge in [0.15, 0.2) is 0 Å². The molecule has 0 atom stereocenters. The van der Waals surface area contributed by atoms with E-state index in [2.05, 4.69) is 38.2 Å². The summed E-state index contributed by atoms with van der Waals surface area (Å²) in [6, 6.07) is 0. The molecule has 0 aromatic rings. The molecule has 0 saturated heterocycles. The summed E-state index contributed by atoms with van der Waals surface area (Å²) in [5, 5.41) is 3.48. The Kier molecular flexibility index (Phi) is 7.61. The molecule has 0 saturated carbocycles. The normalized spacial score (nSPS) is 12.4. The second-order valence-corrected chi connectivity index (χ2v) is 5.31. The summed E-state index contributed by atoms with van der Waals surface area (Å²) < 4.78 is 0. The Hall–Kier alpha value is 0.210. The van der Waals surface area contributed by atoms with Crippen molar-refractivity contribution in [3.63, 3.8) is 0 Å². The highest BCUT2D eigenvalue weighted by atomic mass is 35.5. The maximum atomic E-state index is 5.68. The first-order valence-electron chi connectivity index (χ1n) is 5.39. The van der Waals surface area contributed by atoms with Crippen LogP contribution in [0.25, 0.3) is 0 Å². The number of hydrogen-bond acceptors (Lipinski definition) is 2. The van der Waals surface area contributed by atoms with Gasteiger partial charge in [0, 0.05) is 25.5 Å². The second kappa shape index (κ2) is 7.49. The molecule has 0 heterocycles. The molecule has 0 aromatic heterocycles. The van der Waals surface area contributed by atoms with Crippen molar-refractivity contribution in [3.8, 4) is 0 Å². The van der Waals surface area contributed by atoms with Crippen LogP contribution in [0.1, 0.15) is 26.7 Å². The number of hydrogen-bond donors (Lipinski definition) is 1. The third kappa shape index (κ3) is 8.79. The molecule has 0 radical (unpaired) electrons. The first-order chi connectivity index (χ1) is 6.48. The molecule has 0 fully saturated rings. The maximum Gasteiger partial charge on any atom is 0.0223 e. The lowest BCUT2D eigenvalue weighted by Gasteiger charge is -2.25. The van der Waals surface area contributed by atoms with Crippen LogP contribution in [0.2, 0.25) is 0 Å². The van der Waals surface area contributed by atoms with E-state index in [0.29, 0.717) is 5.41 Å². The summed E-state index contributed by atoms with van der Waals surface area (Å²) in [5.41, 5.74) is 0.376. The van der Waals surface area contributed by atoms with Gasteiger partial charge in [-0.3, -0.25) is 0 Å². The van der Waals surface area contributed by atoms with Gasteiger partial charge in [0.25, 0.3) is 0 Å². The van der Waals surface area contributed by atoms with E-state index in [4.69, 9.17) is 11.6 Å². The van der Waals surface area contributed by atoms with Crippen molar-refractivity contribution in [1.29, 1.82) is 0 Å². The number of halogens is 1. The average Bonchev–Trinajstić information content (AvgIpc) is 2.09. The number of likely N-dealkylation sites (N-methyl/N-ethyl adjacent to an activating group) is 1. The van der Waals surface area contributed by atoms with Crippen LogP contribution in [0.15, 0.2) is 0 Å². The Labute approximate surface area is 94.0 Å². The molecule has 0 amide bonds. The van der Waals surface area contributed by atoms with Crippen LogP contribution in [-0.4, -0.2) is 44.5 Å². The Bertz CT molecular complexity index is 135. The predicted octanol–water partition coefficient (Wildman–Crippen LogP) is 2.18. The summed E-state index contributed by atoms with van der Waals surface area (Å²) in [4.78, 5) is 2.19. The van der Waals surface area contributed by atoms with Crippen LogP contribution in [0, 0.1) is 5.41 Å². The van der Waals surface area contributed by atoms with Gasteiger partial charge in [0.2, 0.25) is 0 Å². The molecule has 86 valence electrons. The van der Waals surface area contributed by atoms with E-state index in [1.165, 1.54) is 6.42 Å². The summed E-state index contributed by atoms with van der Waals surface area (Å²) in [7, 11) is 4.20. The summed E-state index contributed by atoms with van der Waals surface area (Å²) >= 11 is 5.68. The van der Waals surface area contributed by atoms with E-state index in [0.717, 1.165) is 31.9 Å². The van der Waals surface area contributed by atoms with Crippen LogP contribution in [0.3, 0.4) is 0 Å². The fraction of sp³-hybridized carbons (Fsp3) is 1.00. The van der Waals surface area contributed by atoms with Crippen molar-refractivity contribution < 1.29 is 0 Å². The molecule has 14 heavy (non-hydrogen) atoms. The zero-order valence-corrected chi connectivity index (χ0v) is 10.8. The lowest BCUT2D eigenvalue weighted by Crippen LogP contribution is -2.34. The average molecular weight is 221 g/mol. The Morgan fingerprint density at radius 3 is 2.43 bits per heavy atom. The number of alkyl halides is 1. The van der Waals surface area contributed by atoms with Crippen LogP contribution in [0.4, 0.5) is 0 Å². The van der Waals surface area contributed by atoms with Crippen LogP contribution in [0.5, 0.6) is 0 Å². The highest BCUT2D eigenvalue weighted by Crippen LogP contribution is 2.21. The van der Waals surface area contributed by atoms with Gasteiger partial charge in [-0.25, -0.2) is 0 Å². The predicted molar refractivity (Wildman–Crippen MR) is 65.2 cm³/mol. The quantitative estimate of drug-likeness (QED) is 0.499. The van der Waals surface area contributed by atoms with E-state index < -0.39 is 0 Å². The van der Waals surface area contributed by atoms with Gasteiger partial charge in [-0.1, -0.05) is 13.8 Å². The SMILES string of the molecule is CN(C)CCNCC(C)(C)CCCCl. The van der Waals surface area contributed by atoms with Crippen molar-refractivity contribution >= 4 is 11.6 Å². The highest BCUT2D eigenvalue weighted by molar-refractivity contribution is 6.17. The summed E-state index contributed by atoms with van der Waals surface area (Å²) in [5.74, 6) is 0.779. The fourth-order valence-electron chi connectivity index (χ4n) is 1.36. The maximum absolute atomic E-state index is 5.68. The van der Waals surface area contributed by atoms with E-state index >= 15 is 0 Å². The second-order valence-electron chi connectivity index (χ2n) is 4.94. The number of rotatable bonds is 8. The molecular weight excluding hydrogens is 196 g/mol. The van der Waals surface area contributed by atoms with Crippen LogP contribution in [-0.2, 0) is 0 Å². The molecule has 0 aliphatic heterocycles. The van der Waals surface area contributed by atoms with Gasteiger partial charge in [0.1, 0.15) is 0 Å². The highest BCUT2D eigenvalue weighted by Gasteiger charge is 2.16. The van der Waals surface area contributed by atoms with Gasteiger partial charge in [0.05, 0.1) is 0 Å². The molecule has 2 nitrogen and oxygen atoms in total. The molecule has 0 bridgehead atoms. The van der Waals surface area contributed by atoms with Crippen LogP contribution >= 0.6 is 11.6 Å². The van der Waals surface area contributed by atoms with Crippen LogP contribution < -0.4 is 5.32 Å². The molecule has 0 unspecified atom stereocenters. The molecule has 0 aliphatic carbocycles. The fourth-order valence-corrected chi connectivity index (χ4v) is 1.50.